The first-order chi connectivity index (χ1) is 15.6. The molecule has 0 bridgehead atoms. The Morgan fingerprint density at radius 2 is 1.53 bits per heavy atom. The maximum atomic E-state index is 13.1. The number of hydrogen-bond donors (Lipinski definition) is 3. The van der Waals surface area contributed by atoms with Gasteiger partial charge in [0.1, 0.15) is 5.82 Å². The molecule has 0 radical (unpaired) electrons. The van der Waals surface area contributed by atoms with Crippen LogP contribution in [0.5, 0.6) is 0 Å². The first-order valence-electron chi connectivity index (χ1n) is 10.1. The number of imidazole rings is 2. The Balaban J connectivity index is 1.46. The molecule has 0 fully saturated rings. The van der Waals surface area contributed by atoms with Crippen LogP contribution in [-0.2, 0) is 6.42 Å². The number of H-pyrrole nitrogens is 2. The number of aromatic nitrogens is 4. The van der Waals surface area contributed by atoms with Gasteiger partial charge in [-0.2, -0.15) is 0 Å². The van der Waals surface area contributed by atoms with E-state index in [1.165, 1.54) is 6.07 Å². The number of para-hydroxylation sites is 2. The Hall–Kier alpha value is -4.07. The number of rotatable bonds is 6. The van der Waals surface area contributed by atoms with Gasteiger partial charge < -0.3 is 15.3 Å². The van der Waals surface area contributed by atoms with Gasteiger partial charge in [-0.25, -0.2) is 18.7 Å². The lowest BCUT2D eigenvalue weighted by atomic mass is 10.0. The highest BCUT2D eigenvalue weighted by Gasteiger charge is 2.21. The van der Waals surface area contributed by atoms with Gasteiger partial charge in [0.2, 0.25) is 0 Å². The summed E-state index contributed by atoms with van der Waals surface area (Å²) in [6.45, 7) is 0. The largest absolute Gasteiger partial charge is 0.342 e. The van der Waals surface area contributed by atoms with Crippen LogP contribution in [0.3, 0.4) is 0 Å². The summed E-state index contributed by atoms with van der Waals surface area (Å²) in [6, 6.07) is 21.7. The first kappa shape index (κ1) is 19.9. The van der Waals surface area contributed by atoms with Crippen molar-refractivity contribution in [2.24, 2.45) is 0 Å². The fourth-order valence-corrected chi connectivity index (χ4v) is 3.72. The molecule has 0 aliphatic rings. The normalized spacial score (nSPS) is 12.5. The van der Waals surface area contributed by atoms with Gasteiger partial charge in [0.05, 0.1) is 28.1 Å². The fourth-order valence-electron chi connectivity index (χ4n) is 3.72. The fraction of sp³-hybridized carbons (Fsp3) is 0.125. The molecule has 2 heterocycles. The van der Waals surface area contributed by atoms with Crippen molar-refractivity contribution in [2.75, 3.05) is 0 Å². The highest BCUT2D eigenvalue weighted by molar-refractivity contribution is 5.97. The molecule has 5 aromatic rings. The standard InChI is InChI=1S/C24H19F2N5O/c25-21(26)23-29-18-11-10-15(13-19(18)30-23)24(32)31-20(12-14-6-2-1-3-7-14)22-27-16-8-4-5-9-17(16)28-22/h1-11,13,20-21H,12H2,(H,27,28)(H,29,30)(H,31,32)/t20-/m0/s1. The van der Waals surface area contributed by atoms with Crippen molar-refractivity contribution in [3.8, 4) is 0 Å². The summed E-state index contributed by atoms with van der Waals surface area (Å²) in [5, 5.41) is 3.04. The highest BCUT2D eigenvalue weighted by Crippen LogP contribution is 2.23. The second-order valence-corrected chi connectivity index (χ2v) is 7.51. The van der Waals surface area contributed by atoms with Crippen LogP contribution >= 0.6 is 0 Å². The summed E-state index contributed by atoms with van der Waals surface area (Å²) >= 11 is 0. The van der Waals surface area contributed by atoms with E-state index < -0.39 is 18.3 Å². The number of alkyl halides is 2. The summed E-state index contributed by atoms with van der Waals surface area (Å²) in [5.41, 5.74) is 3.85. The topological polar surface area (TPSA) is 86.5 Å². The molecule has 0 aliphatic carbocycles. The Morgan fingerprint density at radius 3 is 2.31 bits per heavy atom. The molecular weight excluding hydrogens is 412 g/mol. The summed E-state index contributed by atoms with van der Waals surface area (Å²) in [5.74, 6) is -0.103. The molecular formula is C24H19F2N5O. The minimum atomic E-state index is -2.71. The predicted molar refractivity (Wildman–Crippen MR) is 117 cm³/mol. The number of halogens is 2. The van der Waals surface area contributed by atoms with E-state index in [-0.39, 0.29) is 5.91 Å². The van der Waals surface area contributed by atoms with Gasteiger partial charge in [-0.05, 0) is 42.3 Å². The van der Waals surface area contributed by atoms with Gasteiger partial charge in [0.25, 0.3) is 12.3 Å². The van der Waals surface area contributed by atoms with Crippen LogP contribution in [0.1, 0.15) is 40.0 Å². The molecule has 160 valence electrons. The quantitative estimate of drug-likeness (QED) is 0.350. The van der Waals surface area contributed by atoms with Crippen molar-refractivity contribution in [1.82, 2.24) is 25.3 Å². The van der Waals surface area contributed by atoms with E-state index in [1.807, 2.05) is 54.6 Å². The van der Waals surface area contributed by atoms with Gasteiger partial charge in [0, 0.05) is 5.56 Å². The van der Waals surface area contributed by atoms with Crippen molar-refractivity contribution in [3.05, 3.63) is 95.6 Å². The Morgan fingerprint density at radius 1 is 0.844 bits per heavy atom. The van der Waals surface area contributed by atoms with E-state index in [1.54, 1.807) is 12.1 Å². The number of aromatic amines is 2. The molecule has 0 unspecified atom stereocenters. The number of hydrogen-bond acceptors (Lipinski definition) is 3. The molecule has 8 heteroatoms. The van der Waals surface area contributed by atoms with Crippen LogP contribution in [0, 0.1) is 0 Å². The first-order valence-corrected chi connectivity index (χ1v) is 10.1. The lowest BCUT2D eigenvalue weighted by Gasteiger charge is -2.17. The van der Waals surface area contributed by atoms with Crippen LogP contribution < -0.4 is 5.32 Å². The number of carbonyl (C=O) groups is 1. The van der Waals surface area contributed by atoms with Crippen LogP contribution in [0.2, 0.25) is 0 Å². The lowest BCUT2D eigenvalue weighted by molar-refractivity contribution is 0.0935. The van der Waals surface area contributed by atoms with E-state index in [0.717, 1.165) is 16.6 Å². The van der Waals surface area contributed by atoms with E-state index >= 15 is 0 Å². The minimum absolute atomic E-state index is 0.332. The predicted octanol–water partition coefficient (Wildman–Crippen LogP) is 5.09. The molecule has 3 aromatic carbocycles. The Labute approximate surface area is 181 Å². The van der Waals surface area contributed by atoms with Gasteiger partial charge in [-0.1, -0.05) is 42.5 Å². The van der Waals surface area contributed by atoms with Crippen LogP contribution in [-0.4, -0.2) is 25.8 Å². The average molecular weight is 431 g/mol. The maximum absolute atomic E-state index is 13.1. The average Bonchev–Trinajstić information content (AvgIpc) is 3.43. The number of fused-ring (bicyclic) bond motifs is 2. The number of amides is 1. The molecule has 2 aromatic heterocycles. The van der Waals surface area contributed by atoms with Crippen molar-refractivity contribution in [1.29, 1.82) is 0 Å². The third-order valence-corrected chi connectivity index (χ3v) is 5.29. The van der Waals surface area contributed by atoms with Crippen LogP contribution in [0.25, 0.3) is 22.1 Å². The molecule has 5 rings (SSSR count). The molecule has 0 saturated heterocycles. The van der Waals surface area contributed by atoms with E-state index in [9.17, 15) is 13.6 Å². The molecule has 1 atom stereocenters. The smallest absolute Gasteiger partial charge is 0.295 e. The van der Waals surface area contributed by atoms with E-state index in [0.29, 0.717) is 28.8 Å². The molecule has 0 aliphatic heterocycles. The second-order valence-electron chi connectivity index (χ2n) is 7.51. The maximum Gasteiger partial charge on any atom is 0.295 e. The van der Waals surface area contributed by atoms with Crippen LogP contribution in [0.4, 0.5) is 8.78 Å². The van der Waals surface area contributed by atoms with Gasteiger partial charge in [0.15, 0.2) is 5.82 Å². The van der Waals surface area contributed by atoms with Crippen molar-refractivity contribution in [2.45, 2.75) is 18.9 Å². The summed E-state index contributed by atoms with van der Waals surface area (Å²) < 4.78 is 25.9. The number of nitrogens with one attached hydrogen (secondary N) is 3. The van der Waals surface area contributed by atoms with Crippen molar-refractivity contribution in [3.63, 3.8) is 0 Å². The summed E-state index contributed by atoms with van der Waals surface area (Å²) in [6.07, 6.45) is -2.17. The van der Waals surface area contributed by atoms with E-state index in [2.05, 4.69) is 25.3 Å². The van der Waals surface area contributed by atoms with Crippen molar-refractivity contribution >= 4 is 28.0 Å². The van der Waals surface area contributed by atoms with Gasteiger partial charge >= 0.3 is 0 Å². The zero-order chi connectivity index (χ0) is 22.1. The number of carbonyl (C=O) groups excluding carboxylic acids is 1. The zero-order valence-corrected chi connectivity index (χ0v) is 16.8. The van der Waals surface area contributed by atoms with Gasteiger partial charge in [-0.15, -0.1) is 0 Å². The lowest BCUT2D eigenvalue weighted by Crippen LogP contribution is -2.30. The van der Waals surface area contributed by atoms with Gasteiger partial charge in [-0.3, -0.25) is 4.79 Å². The highest BCUT2D eigenvalue weighted by atomic mass is 19.3. The van der Waals surface area contributed by atoms with Crippen LogP contribution in [0.15, 0.2) is 72.8 Å². The third-order valence-electron chi connectivity index (χ3n) is 5.29. The molecule has 3 N–H and O–H groups in total. The molecule has 6 nitrogen and oxygen atoms in total. The number of nitrogens with zero attached hydrogens (tertiary/aromatic N) is 2. The molecule has 32 heavy (non-hydrogen) atoms. The second kappa shape index (κ2) is 8.22. The summed E-state index contributed by atoms with van der Waals surface area (Å²) in [4.78, 5) is 27.5. The molecule has 0 spiro atoms. The molecule has 1 amide bonds. The SMILES string of the molecule is O=C(N[C@@H](Cc1ccccc1)c1nc2ccccc2[nH]1)c1ccc2nc(C(F)F)[nH]c2c1. The Bertz CT molecular complexity index is 1360. The van der Waals surface area contributed by atoms with E-state index in [4.69, 9.17) is 0 Å². The monoisotopic (exact) mass is 431 g/mol. The number of benzene rings is 3. The molecule has 0 saturated carbocycles. The minimum Gasteiger partial charge on any atom is -0.342 e. The Kier molecular flexibility index (Phi) is 5.10. The zero-order valence-electron chi connectivity index (χ0n) is 16.8. The van der Waals surface area contributed by atoms with Crippen molar-refractivity contribution < 1.29 is 13.6 Å². The summed E-state index contributed by atoms with van der Waals surface area (Å²) in [7, 11) is 0. The third kappa shape index (κ3) is 3.94.